The zero-order valence-electron chi connectivity index (χ0n) is 9.18. The minimum atomic E-state index is 0.208. The smallest absolute Gasteiger partial charge is 0.258 e. The highest BCUT2D eigenvalue weighted by Gasteiger charge is 2.10. The average Bonchev–Trinajstić information content (AvgIpc) is 2.79. The number of methoxy groups -OCH3 is 1. The summed E-state index contributed by atoms with van der Waals surface area (Å²) in [7, 11) is 1.62. The quantitative estimate of drug-likeness (QED) is 0.860. The van der Waals surface area contributed by atoms with Crippen LogP contribution in [0.3, 0.4) is 0 Å². The van der Waals surface area contributed by atoms with E-state index in [1.54, 1.807) is 19.2 Å². The minimum Gasteiger partial charge on any atom is -0.507 e. The van der Waals surface area contributed by atoms with Gasteiger partial charge in [0, 0.05) is 19.1 Å². The van der Waals surface area contributed by atoms with Crippen LogP contribution in [0.2, 0.25) is 0 Å². The van der Waals surface area contributed by atoms with Gasteiger partial charge in [0.15, 0.2) is 5.82 Å². The highest BCUT2D eigenvalue weighted by atomic mass is 127. The van der Waals surface area contributed by atoms with Gasteiger partial charge in [-0.2, -0.15) is 4.98 Å². The molecule has 0 amide bonds. The Hall–Kier alpha value is -1.15. The average molecular weight is 346 g/mol. The van der Waals surface area contributed by atoms with E-state index in [2.05, 4.69) is 32.7 Å². The van der Waals surface area contributed by atoms with E-state index in [0.717, 1.165) is 3.57 Å². The molecule has 6 heteroatoms. The number of rotatable bonds is 4. The number of phenols is 1. The number of nitrogens with zero attached hydrogens (tertiary/aromatic N) is 2. The SMILES string of the molecule is COCCc1noc(-c2ccc(I)c(O)c2)n1. The maximum Gasteiger partial charge on any atom is 0.258 e. The molecule has 90 valence electrons. The molecule has 0 aliphatic carbocycles. The first-order valence-corrected chi connectivity index (χ1v) is 6.09. The van der Waals surface area contributed by atoms with Crippen LogP contribution in [0, 0.1) is 3.57 Å². The molecule has 1 heterocycles. The molecule has 2 rings (SSSR count). The van der Waals surface area contributed by atoms with Gasteiger partial charge in [-0.15, -0.1) is 0 Å². The molecule has 0 radical (unpaired) electrons. The Morgan fingerprint density at radius 3 is 3.00 bits per heavy atom. The highest BCUT2D eigenvalue weighted by molar-refractivity contribution is 14.1. The molecule has 0 bridgehead atoms. The zero-order chi connectivity index (χ0) is 12.3. The van der Waals surface area contributed by atoms with E-state index in [-0.39, 0.29) is 5.75 Å². The highest BCUT2D eigenvalue weighted by Crippen LogP contribution is 2.26. The number of hydrogen-bond donors (Lipinski definition) is 1. The Bertz CT molecular complexity index is 513. The number of hydrogen-bond acceptors (Lipinski definition) is 5. The number of aromatic nitrogens is 2. The summed E-state index contributed by atoms with van der Waals surface area (Å²) in [5.74, 6) is 1.21. The Labute approximate surface area is 112 Å². The minimum absolute atomic E-state index is 0.208. The second-order valence-corrected chi connectivity index (χ2v) is 4.59. The van der Waals surface area contributed by atoms with Gasteiger partial charge in [0.1, 0.15) is 5.75 Å². The van der Waals surface area contributed by atoms with Crippen molar-refractivity contribution in [1.82, 2.24) is 10.1 Å². The lowest BCUT2D eigenvalue weighted by atomic mass is 10.2. The zero-order valence-corrected chi connectivity index (χ0v) is 11.3. The largest absolute Gasteiger partial charge is 0.507 e. The second kappa shape index (κ2) is 5.46. The van der Waals surface area contributed by atoms with Crippen molar-refractivity contribution in [2.75, 3.05) is 13.7 Å². The van der Waals surface area contributed by atoms with Crippen LogP contribution >= 0.6 is 22.6 Å². The van der Waals surface area contributed by atoms with Gasteiger partial charge in [0.05, 0.1) is 10.2 Å². The van der Waals surface area contributed by atoms with Crippen molar-refractivity contribution >= 4 is 22.6 Å². The molecule has 0 aliphatic heterocycles. The van der Waals surface area contributed by atoms with E-state index in [4.69, 9.17) is 9.26 Å². The lowest BCUT2D eigenvalue weighted by Crippen LogP contribution is -1.96. The molecule has 1 aromatic carbocycles. The predicted molar refractivity (Wildman–Crippen MR) is 69.7 cm³/mol. The lowest BCUT2D eigenvalue weighted by molar-refractivity contribution is 0.199. The molecule has 1 aromatic heterocycles. The van der Waals surface area contributed by atoms with Crippen molar-refractivity contribution in [3.63, 3.8) is 0 Å². The van der Waals surface area contributed by atoms with Crippen LogP contribution in [0.5, 0.6) is 5.75 Å². The Balaban J connectivity index is 2.21. The summed E-state index contributed by atoms with van der Waals surface area (Å²) in [6.07, 6.45) is 0.607. The number of benzene rings is 1. The van der Waals surface area contributed by atoms with Crippen molar-refractivity contribution in [3.8, 4) is 17.2 Å². The van der Waals surface area contributed by atoms with E-state index in [9.17, 15) is 5.11 Å². The van der Waals surface area contributed by atoms with Crippen LogP contribution in [0.25, 0.3) is 11.5 Å². The fraction of sp³-hybridized carbons (Fsp3) is 0.273. The van der Waals surface area contributed by atoms with E-state index in [1.807, 2.05) is 6.07 Å². The fourth-order valence-corrected chi connectivity index (χ4v) is 1.65. The first-order valence-electron chi connectivity index (χ1n) is 5.01. The molecule has 2 aromatic rings. The van der Waals surface area contributed by atoms with Gasteiger partial charge in [0.25, 0.3) is 5.89 Å². The molecule has 0 aliphatic rings. The maximum absolute atomic E-state index is 9.59. The van der Waals surface area contributed by atoms with E-state index in [1.165, 1.54) is 0 Å². The third-order valence-electron chi connectivity index (χ3n) is 2.19. The molecule has 17 heavy (non-hydrogen) atoms. The summed E-state index contributed by atoms with van der Waals surface area (Å²) < 4.78 is 10.8. The molecule has 0 fully saturated rings. The number of aromatic hydroxyl groups is 1. The molecule has 0 saturated heterocycles. The van der Waals surface area contributed by atoms with Crippen LogP contribution in [0.15, 0.2) is 22.7 Å². The number of halogens is 1. The molecule has 1 N–H and O–H groups in total. The summed E-state index contributed by atoms with van der Waals surface area (Å²) in [5, 5.41) is 13.4. The molecule has 0 saturated carbocycles. The van der Waals surface area contributed by atoms with Gasteiger partial charge >= 0.3 is 0 Å². The van der Waals surface area contributed by atoms with Gasteiger partial charge < -0.3 is 14.4 Å². The maximum atomic E-state index is 9.59. The molecular formula is C11H11IN2O3. The molecular weight excluding hydrogens is 335 g/mol. The normalized spacial score (nSPS) is 10.7. The standard InChI is InChI=1S/C11H11IN2O3/c1-16-5-4-10-13-11(17-14-10)7-2-3-8(12)9(15)6-7/h2-3,6,15H,4-5H2,1H3. The van der Waals surface area contributed by atoms with E-state index < -0.39 is 0 Å². The van der Waals surface area contributed by atoms with Crippen molar-refractivity contribution in [3.05, 3.63) is 27.6 Å². The third kappa shape index (κ3) is 2.95. The first kappa shape index (κ1) is 12.3. The number of phenolic OH excluding ortho intramolecular Hbond substituents is 1. The monoisotopic (exact) mass is 346 g/mol. The van der Waals surface area contributed by atoms with Crippen LogP contribution in [0.4, 0.5) is 0 Å². The van der Waals surface area contributed by atoms with Crippen molar-refractivity contribution in [2.45, 2.75) is 6.42 Å². The van der Waals surface area contributed by atoms with E-state index in [0.29, 0.717) is 30.3 Å². The Morgan fingerprint density at radius 1 is 1.47 bits per heavy atom. The van der Waals surface area contributed by atoms with Crippen molar-refractivity contribution in [1.29, 1.82) is 0 Å². The van der Waals surface area contributed by atoms with Crippen LogP contribution in [0.1, 0.15) is 5.82 Å². The van der Waals surface area contributed by atoms with Gasteiger partial charge in [-0.25, -0.2) is 0 Å². The molecule has 0 atom stereocenters. The summed E-state index contributed by atoms with van der Waals surface area (Å²) in [5.41, 5.74) is 0.707. The van der Waals surface area contributed by atoms with Crippen molar-refractivity contribution in [2.24, 2.45) is 0 Å². The summed E-state index contributed by atoms with van der Waals surface area (Å²) in [6.45, 7) is 0.552. The molecule has 0 spiro atoms. The second-order valence-electron chi connectivity index (χ2n) is 3.42. The van der Waals surface area contributed by atoms with E-state index >= 15 is 0 Å². The van der Waals surface area contributed by atoms with Gasteiger partial charge in [-0.3, -0.25) is 0 Å². The third-order valence-corrected chi connectivity index (χ3v) is 3.10. The topological polar surface area (TPSA) is 68.4 Å². The first-order chi connectivity index (χ1) is 8.20. The van der Waals surface area contributed by atoms with Gasteiger partial charge in [-0.1, -0.05) is 5.16 Å². The summed E-state index contributed by atoms with van der Waals surface area (Å²) >= 11 is 2.05. The van der Waals surface area contributed by atoms with Crippen molar-refractivity contribution < 1.29 is 14.4 Å². The lowest BCUT2D eigenvalue weighted by Gasteiger charge is -1.98. The predicted octanol–water partition coefficient (Wildman–Crippen LogP) is 2.24. The summed E-state index contributed by atoms with van der Waals surface area (Å²) in [4.78, 5) is 4.22. The summed E-state index contributed by atoms with van der Waals surface area (Å²) in [6, 6.07) is 5.23. The van der Waals surface area contributed by atoms with Crippen LogP contribution in [-0.2, 0) is 11.2 Å². The van der Waals surface area contributed by atoms with Gasteiger partial charge in [-0.05, 0) is 40.8 Å². The Morgan fingerprint density at radius 2 is 2.29 bits per heavy atom. The number of ether oxygens (including phenoxy) is 1. The molecule has 5 nitrogen and oxygen atoms in total. The van der Waals surface area contributed by atoms with Gasteiger partial charge in [0.2, 0.25) is 0 Å². The fourth-order valence-electron chi connectivity index (χ4n) is 1.31. The molecule has 0 unspecified atom stereocenters. The van der Waals surface area contributed by atoms with Crippen LogP contribution in [-0.4, -0.2) is 29.0 Å². The van der Waals surface area contributed by atoms with Crippen LogP contribution < -0.4 is 0 Å². The Kier molecular flexibility index (Phi) is 3.95.